The Morgan fingerprint density at radius 2 is 1.93 bits per heavy atom. The van der Waals surface area contributed by atoms with Gasteiger partial charge in [-0.3, -0.25) is 9.48 Å². The SMILES string of the molecule is CCc1ccn(CC23CC(C(=O)N4N=CCC4c4cc(F)cc(F)c4)(C2)C3)n1. The van der Waals surface area contributed by atoms with Gasteiger partial charge in [0, 0.05) is 31.4 Å². The molecular formula is C21H22F2N4O. The third kappa shape index (κ3) is 2.59. The van der Waals surface area contributed by atoms with Gasteiger partial charge in [-0.05, 0) is 54.9 Å². The molecular weight excluding hydrogens is 362 g/mol. The molecule has 0 spiro atoms. The van der Waals surface area contributed by atoms with Gasteiger partial charge in [-0.25, -0.2) is 13.8 Å². The van der Waals surface area contributed by atoms with Crippen molar-refractivity contribution in [2.45, 2.75) is 51.6 Å². The van der Waals surface area contributed by atoms with Crippen LogP contribution >= 0.6 is 0 Å². The van der Waals surface area contributed by atoms with Crippen LogP contribution in [0.4, 0.5) is 8.78 Å². The number of hydrogen-bond acceptors (Lipinski definition) is 3. The minimum Gasteiger partial charge on any atom is -0.272 e. The van der Waals surface area contributed by atoms with Crippen LogP contribution in [0, 0.1) is 22.5 Å². The molecule has 2 bridgehead atoms. The highest BCUT2D eigenvalue weighted by Gasteiger charge is 2.72. The molecule has 4 aliphatic rings. The topological polar surface area (TPSA) is 50.5 Å². The van der Waals surface area contributed by atoms with Crippen LogP contribution in [0.2, 0.25) is 0 Å². The van der Waals surface area contributed by atoms with Gasteiger partial charge in [-0.2, -0.15) is 10.2 Å². The first-order valence-corrected chi connectivity index (χ1v) is 9.76. The molecule has 3 saturated carbocycles. The first-order valence-electron chi connectivity index (χ1n) is 9.76. The quantitative estimate of drug-likeness (QED) is 0.786. The van der Waals surface area contributed by atoms with Crippen LogP contribution in [0.3, 0.4) is 0 Å². The van der Waals surface area contributed by atoms with Crippen molar-refractivity contribution in [3.63, 3.8) is 0 Å². The van der Waals surface area contributed by atoms with Crippen molar-refractivity contribution in [1.29, 1.82) is 0 Å². The first kappa shape index (κ1) is 17.5. The number of carbonyl (C=O) groups excluding carboxylic acids is 1. The number of aryl methyl sites for hydroxylation is 1. The Balaban J connectivity index is 1.28. The molecule has 5 nitrogen and oxygen atoms in total. The number of rotatable bonds is 5. The van der Waals surface area contributed by atoms with Gasteiger partial charge in [0.25, 0.3) is 0 Å². The summed E-state index contributed by atoms with van der Waals surface area (Å²) in [6, 6.07) is 5.02. The fourth-order valence-corrected chi connectivity index (χ4v) is 5.31. The Morgan fingerprint density at radius 3 is 2.57 bits per heavy atom. The molecule has 2 heterocycles. The van der Waals surface area contributed by atoms with Gasteiger partial charge in [0.05, 0.1) is 17.2 Å². The van der Waals surface area contributed by atoms with Crippen molar-refractivity contribution in [3.05, 3.63) is 53.4 Å². The number of hydrazone groups is 1. The Bertz CT molecular complexity index is 943. The van der Waals surface area contributed by atoms with E-state index in [0.29, 0.717) is 12.0 Å². The molecule has 3 aliphatic carbocycles. The van der Waals surface area contributed by atoms with Crippen molar-refractivity contribution in [1.82, 2.24) is 14.8 Å². The van der Waals surface area contributed by atoms with Crippen molar-refractivity contribution >= 4 is 12.1 Å². The Morgan fingerprint density at radius 1 is 1.21 bits per heavy atom. The second kappa shape index (κ2) is 5.96. The van der Waals surface area contributed by atoms with Gasteiger partial charge >= 0.3 is 0 Å². The highest BCUT2D eigenvalue weighted by atomic mass is 19.1. The average molecular weight is 384 g/mol. The normalized spacial score (nSPS) is 30.2. The fraction of sp³-hybridized carbons (Fsp3) is 0.476. The Labute approximate surface area is 162 Å². The van der Waals surface area contributed by atoms with Crippen LogP contribution in [0.25, 0.3) is 0 Å². The second-order valence-electron chi connectivity index (χ2n) is 8.57. The summed E-state index contributed by atoms with van der Waals surface area (Å²) in [6.07, 6.45) is 7.54. The zero-order chi connectivity index (χ0) is 19.5. The summed E-state index contributed by atoms with van der Waals surface area (Å²) in [4.78, 5) is 13.2. The molecule has 1 aliphatic heterocycles. The molecule has 1 aromatic carbocycles. The minimum absolute atomic E-state index is 0.0208. The van der Waals surface area contributed by atoms with E-state index in [-0.39, 0.29) is 16.7 Å². The Hall–Kier alpha value is -2.57. The number of nitrogens with zero attached hydrogens (tertiary/aromatic N) is 4. The predicted octanol–water partition coefficient (Wildman–Crippen LogP) is 3.85. The van der Waals surface area contributed by atoms with Crippen LogP contribution in [0.15, 0.2) is 35.6 Å². The van der Waals surface area contributed by atoms with E-state index in [2.05, 4.69) is 17.1 Å². The summed E-state index contributed by atoms with van der Waals surface area (Å²) in [5.41, 5.74) is 1.31. The van der Waals surface area contributed by atoms with E-state index in [4.69, 9.17) is 0 Å². The maximum atomic E-state index is 13.6. The maximum absolute atomic E-state index is 13.6. The summed E-state index contributed by atoms with van der Waals surface area (Å²) >= 11 is 0. The zero-order valence-corrected chi connectivity index (χ0v) is 15.7. The lowest BCUT2D eigenvalue weighted by Gasteiger charge is -2.69. The summed E-state index contributed by atoms with van der Waals surface area (Å²) in [6.45, 7) is 2.92. The second-order valence-corrected chi connectivity index (χ2v) is 8.57. The number of halogens is 2. The molecule has 1 aromatic heterocycles. The van der Waals surface area contributed by atoms with Crippen molar-refractivity contribution in [2.24, 2.45) is 15.9 Å². The largest absolute Gasteiger partial charge is 0.272 e. The van der Waals surface area contributed by atoms with E-state index < -0.39 is 17.7 Å². The van der Waals surface area contributed by atoms with Gasteiger partial charge in [-0.15, -0.1) is 0 Å². The molecule has 6 rings (SSSR count). The molecule has 1 unspecified atom stereocenters. The number of aromatic nitrogens is 2. The van der Waals surface area contributed by atoms with E-state index in [9.17, 15) is 13.6 Å². The number of benzene rings is 1. The van der Waals surface area contributed by atoms with Crippen LogP contribution in [-0.4, -0.2) is 26.9 Å². The predicted molar refractivity (Wildman–Crippen MR) is 99.4 cm³/mol. The van der Waals surface area contributed by atoms with Crippen LogP contribution in [0.5, 0.6) is 0 Å². The lowest BCUT2D eigenvalue weighted by Crippen LogP contribution is -2.68. The molecule has 28 heavy (non-hydrogen) atoms. The zero-order valence-electron chi connectivity index (χ0n) is 15.7. The summed E-state index contributed by atoms with van der Waals surface area (Å²) in [7, 11) is 0. The van der Waals surface area contributed by atoms with Gasteiger partial charge in [0.1, 0.15) is 11.6 Å². The number of amides is 1. The smallest absolute Gasteiger partial charge is 0.249 e. The maximum Gasteiger partial charge on any atom is 0.249 e. The van der Waals surface area contributed by atoms with E-state index in [0.717, 1.165) is 44.0 Å². The third-order valence-corrected chi connectivity index (χ3v) is 6.46. The highest BCUT2D eigenvalue weighted by molar-refractivity contribution is 5.88. The molecule has 7 heteroatoms. The standard InChI is InChI=1S/C21H22F2N4O/c1-2-17-4-6-26(25-17)13-20-10-21(11-20,12-20)19(28)27-18(3-5-24-27)14-7-15(22)9-16(23)8-14/h4-9,18H,2-3,10-13H2,1H3. The molecule has 0 saturated heterocycles. The molecule has 1 atom stereocenters. The van der Waals surface area contributed by atoms with E-state index in [1.54, 1.807) is 6.21 Å². The van der Waals surface area contributed by atoms with Gasteiger partial charge < -0.3 is 0 Å². The summed E-state index contributed by atoms with van der Waals surface area (Å²) in [5.74, 6) is -1.29. The molecule has 0 N–H and O–H groups in total. The Kier molecular flexibility index (Phi) is 3.73. The molecule has 2 aromatic rings. The van der Waals surface area contributed by atoms with E-state index >= 15 is 0 Å². The van der Waals surface area contributed by atoms with Gasteiger partial charge in [0.2, 0.25) is 5.91 Å². The van der Waals surface area contributed by atoms with Crippen molar-refractivity contribution < 1.29 is 13.6 Å². The molecule has 3 fully saturated rings. The van der Waals surface area contributed by atoms with E-state index in [1.165, 1.54) is 17.1 Å². The van der Waals surface area contributed by atoms with Crippen LogP contribution in [-0.2, 0) is 17.8 Å². The molecule has 0 radical (unpaired) electrons. The van der Waals surface area contributed by atoms with Crippen LogP contribution < -0.4 is 0 Å². The lowest BCUT2D eigenvalue weighted by molar-refractivity contribution is -0.223. The number of carbonyl (C=O) groups is 1. The summed E-state index contributed by atoms with van der Waals surface area (Å²) in [5, 5.41) is 10.2. The minimum atomic E-state index is -0.635. The fourth-order valence-electron chi connectivity index (χ4n) is 5.31. The molecule has 146 valence electrons. The van der Waals surface area contributed by atoms with Crippen molar-refractivity contribution in [2.75, 3.05) is 0 Å². The average Bonchev–Trinajstić information content (AvgIpc) is 3.24. The van der Waals surface area contributed by atoms with Crippen molar-refractivity contribution in [3.8, 4) is 0 Å². The first-order chi connectivity index (χ1) is 13.4. The third-order valence-electron chi connectivity index (χ3n) is 6.46. The van der Waals surface area contributed by atoms with Crippen LogP contribution in [0.1, 0.15) is 49.9 Å². The van der Waals surface area contributed by atoms with Gasteiger partial charge in [-0.1, -0.05) is 6.92 Å². The summed E-state index contributed by atoms with van der Waals surface area (Å²) < 4.78 is 29.2. The molecule has 1 amide bonds. The van der Waals surface area contributed by atoms with Gasteiger partial charge in [0.15, 0.2) is 0 Å². The monoisotopic (exact) mass is 384 g/mol. The highest BCUT2D eigenvalue weighted by Crippen LogP contribution is 2.74. The lowest BCUT2D eigenvalue weighted by atomic mass is 9.34. The number of hydrogen-bond donors (Lipinski definition) is 0. The van der Waals surface area contributed by atoms with E-state index in [1.807, 2.05) is 16.9 Å².